The molecule has 0 aliphatic carbocycles. The molecule has 6 nitrogen and oxygen atoms in total. The van der Waals surface area contributed by atoms with Crippen molar-refractivity contribution in [2.75, 3.05) is 0 Å². The Morgan fingerprint density at radius 2 is 2.24 bits per heavy atom. The van der Waals surface area contributed by atoms with E-state index < -0.39 is 5.54 Å². The molecule has 0 fully saturated rings. The Morgan fingerprint density at radius 3 is 2.82 bits per heavy atom. The van der Waals surface area contributed by atoms with E-state index in [4.69, 9.17) is 10.3 Å². The molecular weight excluding hydrogens is 218 g/mol. The molecule has 0 saturated carbocycles. The first-order valence-electron chi connectivity index (χ1n) is 5.55. The van der Waals surface area contributed by atoms with Crippen LogP contribution in [0, 0.1) is 6.92 Å². The van der Waals surface area contributed by atoms with Crippen LogP contribution in [0.4, 0.5) is 0 Å². The van der Waals surface area contributed by atoms with Gasteiger partial charge in [0.25, 0.3) is 0 Å². The lowest BCUT2D eigenvalue weighted by molar-refractivity contribution is 0.365. The van der Waals surface area contributed by atoms with Gasteiger partial charge in [-0.3, -0.25) is 0 Å². The third kappa shape index (κ3) is 2.71. The van der Waals surface area contributed by atoms with Crippen molar-refractivity contribution in [1.82, 2.24) is 19.7 Å². The number of nitrogens with zero attached hydrogens (tertiary/aromatic N) is 4. The van der Waals surface area contributed by atoms with E-state index in [0.717, 1.165) is 12.2 Å². The van der Waals surface area contributed by atoms with Gasteiger partial charge in [-0.2, -0.15) is 4.98 Å². The lowest BCUT2D eigenvalue weighted by Crippen LogP contribution is -2.31. The summed E-state index contributed by atoms with van der Waals surface area (Å²) in [6, 6.07) is 0. The molecule has 92 valence electrons. The van der Waals surface area contributed by atoms with E-state index in [9.17, 15) is 0 Å². The molecule has 0 unspecified atom stereocenters. The van der Waals surface area contributed by atoms with Gasteiger partial charge in [0.2, 0.25) is 5.89 Å². The van der Waals surface area contributed by atoms with Crippen molar-refractivity contribution >= 4 is 0 Å². The van der Waals surface area contributed by atoms with Gasteiger partial charge in [-0.15, -0.1) is 0 Å². The lowest BCUT2D eigenvalue weighted by atomic mass is 10.0. The predicted octanol–water partition coefficient (Wildman–Crippen LogP) is 1.01. The van der Waals surface area contributed by atoms with Crippen LogP contribution in [0.25, 0.3) is 0 Å². The molecule has 0 aromatic carbocycles. The summed E-state index contributed by atoms with van der Waals surface area (Å²) in [6.07, 6.45) is 4.24. The van der Waals surface area contributed by atoms with Crippen LogP contribution in [-0.4, -0.2) is 19.7 Å². The monoisotopic (exact) mass is 235 g/mol. The molecule has 0 aliphatic rings. The Hall–Kier alpha value is -1.69. The normalized spacial score (nSPS) is 12.0. The maximum atomic E-state index is 6.06. The van der Waals surface area contributed by atoms with Crippen molar-refractivity contribution in [3.8, 4) is 0 Å². The first kappa shape index (κ1) is 11.8. The van der Waals surface area contributed by atoms with E-state index in [0.29, 0.717) is 18.1 Å². The fraction of sp³-hybridized carbons (Fsp3) is 0.545. The summed E-state index contributed by atoms with van der Waals surface area (Å²) in [6.45, 7) is 6.45. The van der Waals surface area contributed by atoms with Crippen LogP contribution < -0.4 is 5.73 Å². The molecule has 17 heavy (non-hydrogen) atoms. The number of aryl methyl sites for hydroxylation is 3. The number of imidazole rings is 1. The SMILES string of the molecule is Cc1noc(CCn2cncc2C(C)(C)N)n1. The van der Waals surface area contributed by atoms with Gasteiger partial charge in [0, 0.05) is 19.2 Å². The van der Waals surface area contributed by atoms with E-state index >= 15 is 0 Å². The van der Waals surface area contributed by atoms with Crippen molar-refractivity contribution in [2.24, 2.45) is 5.73 Å². The molecule has 2 heterocycles. The van der Waals surface area contributed by atoms with Crippen molar-refractivity contribution in [3.05, 3.63) is 29.9 Å². The number of hydrogen-bond acceptors (Lipinski definition) is 5. The molecule has 2 rings (SSSR count). The van der Waals surface area contributed by atoms with Gasteiger partial charge in [-0.1, -0.05) is 5.16 Å². The molecule has 2 aromatic rings. The van der Waals surface area contributed by atoms with E-state index in [1.165, 1.54) is 0 Å². The summed E-state index contributed by atoms with van der Waals surface area (Å²) in [4.78, 5) is 8.28. The zero-order valence-electron chi connectivity index (χ0n) is 10.3. The second kappa shape index (κ2) is 4.29. The maximum absolute atomic E-state index is 6.06. The second-order valence-electron chi connectivity index (χ2n) is 4.68. The van der Waals surface area contributed by atoms with E-state index in [2.05, 4.69) is 15.1 Å². The van der Waals surface area contributed by atoms with Crippen LogP contribution in [0.1, 0.15) is 31.3 Å². The first-order chi connectivity index (χ1) is 7.97. The summed E-state index contributed by atoms with van der Waals surface area (Å²) in [7, 11) is 0. The second-order valence-corrected chi connectivity index (χ2v) is 4.68. The van der Waals surface area contributed by atoms with Gasteiger partial charge in [0.1, 0.15) is 0 Å². The molecule has 0 saturated heterocycles. The van der Waals surface area contributed by atoms with Crippen LogP contribution in [-0.2, 0) is 18.5 Å². The van der Waals surface area contributed by atoms with Crippen LogP contribution in [0.2, 0.25) is 0 Å². The van der Waals surface area contributed by atoms with Gasteiger partial charge in [0.05, 0.1) is 17.6 Å². The largest absolute Gasteiger partial charge is 0.339 e. The summed E-state index contributed by atoms with van der Waals surface area (Å²) in [5, 5.41) is 3.75. The van der Waals surface area contributed by atoms with Crippen molar-refractivity contribution in [1.29, 1.82) is 0 Å². The summed E-state index contributed by atoms with van der Waals surface area (Å²) in [5.74, 6) is 1.29. The molecule has 2 N–H and O–H groups in total. The quantitative estimate of drug-likeness (QED) is 0.855. The minimum atomic E-state index is -0.402. The van der Waals surface area contributed by atoms with E-state index in [1.54, 1.807) is 19.4 Å². The van der Waals surface area contributed by atoms with Crippen LogP contribution in [0.5, 0.6) is 0 Å². The minimum Gasteiger partial charge on any atom is -0.339 e. The highest BCUT2D eigenvalue weighted by Gasteiger charge is 2.19. The lowest BCUT2D eigenvalue weighted by Gasteiger charge is -2.20. The Morgan fingerprint density at radius 1 is 1.47 bits per heavy atom. The van der Waals surface area contributed by atoms with Crippen LogP contribution in [0.3, 0.4) is 0 Å². The number of aromatic nitrogens is 4. The van der Waals surface area contributed by atoms with Crippen molar-refractivity contribution < 1.29 is 4.52 Å². The molecule has 0 bridgehead atoms. The minimum absolute atomic E-state index is 0.402. The molecule has 0 aliphatic heterocycles. The van der Waals surface area contributed by atoms with Gasteiger partial charge in [0.15, 0.2) is 5.82 Å². The Labute approximate surface area is 99.8 Å². The Balaban J connectivity index is 2.07. The van der Waals surface area contributed by atoms with Gasteiger partial charge >= 0.3 is 0 Å². The molecule has 0 amide bonds. The molecule has 6 heteroatoms. The van der Waals surface area contributed by atoms with Gasteiger partial charge in [-0.25, -0.2) is 4.98 Å². The van der Waals surface area contributed by atoms with Crippen molar-refractivity contribution in [3.63, 3.8) is 0 Å². The molecule has 2 aromatic heterocycles. The molecule has 0 atom stereocenters. The summed E-state index contributed by atoms with van der Waals surface area (Å²) < 4.78 is 7.08. The number of rotatable bonds is 4. The van der Waals surface area contributed by atoms with Gasteiger partial charge < -0.3 is 14.8 Å². The van der Waals surface area contributed by atoms with E-state index in [1.807, 2.05) is 18.4 Å². The van der Waals surface area contributed by atoms with Crippen molar-refractivity contribution in [2.45, 2.75) is 39.3 Å². The zero-order valence-corrected chi connectivity index (χ0v) is 10.3. The average molecular weight is 235 g/mol. The van der Waals surface area contributed by atoms with Gasteiger partial charge in [-0.05, 0) is 20.8 Å². The number of nitrogens with two attached hydrogens (primary N) is 1. The Kier molecular flexibility index (Phi) is 2.97. The summed E-state index contributed by atoms with van der Waals surface area (Å²) in [5.41, 5.74) is 6.66. The first-order valence-corrected chi connectivity index (χ1v) is 5.55. The fourth-order valence-electron chi connectivity index (χ4n) is 1.69. The highest BCUT2D eigenvalue weighted by molar-refractivity contribution is 5.10. The maximum Gasteiger partial charge on any atom is 0.228 e. The van der Waals surface area contributed by atoms with E-state index in [-0.39, 0.29) is 0 Å². The average Bonchev–Trinajstić information content (AvgIpc) is 2.81. The standard InChI is InChI=1S/C11H17N5O/c1-8-14-10(17-15-8)4-5-16-7-13-6-9(16)11(2,3)12/h6-7H,4-5,12H2,1-3H3. The molecule has 0 spiro atoms. The Bertz CT molecular complexity index is 494. The molecule has 0 radical (unpaired) electrons. The summed E-state index contributed by atoms with van der Waals surface area (Å²) >= 11 is 0. The third-order valence-electron chi connectivity index (χ3n) is 2.51. The highest BCUT2D eigenvalue weighted by Crippen LogP contribution is 2.16. The van der Waals surface area contributed by atoms with Crippen LogP contribution in [0.15, 0.2) is 17.0 Å². The highest BCUT2D eigenvalue weighted by atomic mass is 16.5. The fourth-order valence-corrected chi connectivity index (χ4v) is 1.69. The zero-order chi connectivity index (χ0) is 12.5. The molecular formula is C11H17N5O. The topological polar surface area (TPSA) is 82.8 Å². The third-order valence-corrected chi connectivity index (χ3v) is 2.51. The smallest absolute Gasteiger partial charge is 0.228 e. The predicted molar refractivity (Wildman–Crippen MR) is 62.2 cm³/mol. The van der Waals surface area contributed by atoms with Crippen LogP contribution >= 0.6 is 0 Å². The number of hydrogen-bond donors (Lipinski definition) is 1.